The van der Waals surface area contributed by atoms with E-state index in [0.717, 1.165) is 10.9 Å². The zero-order valence-corrected chi connectivity index (χ0v) is 14.4. The highest BCUT2D eigenvalue weighted by Gasteiger charge is 2.38. The number of benzene rings is 1. The van der Waals surface area contributed by atoms with Crippen molar-refractivity contribution in [1.29, 1.82) is 0 Å². The molecule has 1 fully saturated rings. The number of sulfonamides is 1. The van der Waals surface area contributed by atoms with Crippen LogP contribution in [0.2, 0.25) is 0 Å². The van der Waals surface area contributed by atoms with Gasteiger partial charge in [0, 0.05) is 12.6 Å². The second kappa shape index (κ2) is 6.57. The van der Waals surface area contributed by atoms with Crippen molar-refractivity contribution >= 4 is 16.0 Å². The molecule has 25 heavy (non-hydrogen) atoms. The summed E-state index contributed by atoms with van der Waals surface area (Å²) >= 11 is 0. The van der Waals surface area contributed by atoms with Gasteiger partial charge < -0.3 is 5.11 Å². The van der Waals surface area contributed by atoms with E-state index in [1.807, 2.05) is 0 Å². The van der Waals surface area contributed by atoms with Crippen molar-refractivity contribution in [2.75, 3.05) is 6.54 Å². The minimum Gasteiger partial charge on any atom is -0.481 e. The number of hydrogen-bond donors (Lipinski definition) is 1. The standard InChI is InChI=1S/C16H18FN3O4S/c1-11-6-7-12(16(21)22)9-20(11)25(23,24)13-8-18-19(10-13)15-5-3-2-4-14(15)17/h2-5,8,10-12H,6-7,9H2,1H3,(H,21,22). The average Bonchev–Trinajstić information content (AvgIpc) is 3.06. The fraction of sp³-hybridized carbons (Fsp3) is 0.375. The lowest BCUT2D eigenvalue weighted by molar-refractivity contribution is -0.143. The van der Waals surface area contributed by atoms with E-state index in [4.69, 9.17) is 0 Å². The molecule has 9 heteroatoms. The quantitative estimate of drug-likeness (QED) is 0.891. The molecule has 0 amide bonds. The smallest absolute Gasteiger partial charge is 0.307 e. The molecule has 134 valence electrons. The van der Waals surface area contributed by atoms with E-state index in [9.17, 15) is 22.7 Å². The Balaban J connectivity index is 1.93. The Morgan fingerprint density at radius 2 is 2.04 bits per heavy atom. The Morgan fingerprint density at radius 1 is 1.32 bits per heavy atom. The summed E-state index contributed by atoms with van der Waals surface area (Å²) in [5, 5.41) is 13.1. The zero-order chi connectivity index (χ0) is 18.2. The first-order valence-corrected chi connectivity index (χ1v) is 9.29. The van der Waals surface area contributed by atoms with Gasteiger partial charge in [-0.25, -0.2) is 17.5 Å². The van der Waals surface area contributed by atoms with Crippen LogP contribution in [0.5, 0.6) is 0 Å². The third-order valence-corrected chi connectivity index (χ3v) is 6.37. The van der Waals surface area contributed by atoms with Crippen molar-refractivity contribution in [3.8, 4) is 5.69 Å². The van der Waals surface area contributed by atoms with E-state index >= 15 is 0 Å². The number of halogens is 1. The van der Waals surface area contributed by atoms with Crippen LogP contribution in [0.25, 0.3) is 5.69 Å². The summed E-state index contributed by atoms with van der Waals surface area (Å²) in [7, 11) is -3.91. The summed E-state index contributed by atoms with van der Waals surface area (Å²) in [6.45, 7) is 1.67. The Morgan fingerprint density at radius 3 is 2.72 bits per heavy atom. The van der Waals surface area contributed by atoms with E-state index in [1.54, 1.807) is 13.0 Å². The van der Waals surface area contributed by atoms with Gasteiger partial charge >= 0.3 is 5.97 Å². The summed E-state index contributed by atoms with van der Waals surface area (Å²) in [5.74, 6) is -2.26. The third kappa shape index (κ3) is 3.29. The van der Waals surface area contributed by atoms with Gasteiger partial charge in [0.25, 0.3) is 0 Å². The van der Waals surface area contributed by atoms with Crippen LogP contribution in [0.1, 0.15) is 19.8 Å². The summed E-state index contributed by atoms with van der Waals surface area (Å²) < 4.78 is 42.0. The number of piperidine rings is 1. The first-order chi connectivity index (χ1) is 11.8. The van der Waals surface area contributed by atoms with Gasteiger partial charge in [-0.05, 0) is 31.9 Å². The van der Waals surface area contributed by atoms with E-state index < -0.39 is 27.7 Å². The molecule has 1 saturated heterocycles. The molecule has 0 saturated carbocycles. The molecule has 1 aliphatic rings. The Labute approximate surface area is 144 Å². The van der Waals surface area contributed by atoms with Crippen LogP contribution in [0.4, 0.5) is 4.39 Å². The number of aliphatic carboxylic acids is 1. The van der Waals surface area contributed by atoms with Gasteiger partial charge in [-0.3, -0.25) is 4.79 Å². The molecule has 1 N–H and O–H groups in total. The molecule has 2 unspecified atom stereocenters. The minimum absolute atomic E-state index is 0.0797. The second-order valence-corrected chi connectivity index (χ2v) is 8.00. The third-order valence-electron chi connectivity index (χ3n) is 4.44. The normalized spacial score (nSPS) is 22.0. The van der Waals surface area contributed by atoms with Crippen molar-refractivity contribution in [1.82, 2.24) is 14.1 Å². The first-order valence-electron chi connectivity index (χ1n) is 7.85. The Hall–Kier alpha value is -2.26. The molecule has 1 aliphatic heterocycles. The monoisotopic (exact) mass is 367 g/mol. The van der Waals surface area contributed by atoms with Crippen LogP contribution in [0.3, 0.4) is 0 Å². The van der Waals surface area contributed by atoms with Gasteiger partial charge in [0.15, 0.2) is 0 Å². The topological polar surface area (TPSA) is 92.5 Å². The largest absolute Gasteiger partial charge is 0.481 e. The number of para-hydroxylation sites is 1. The first kappa shape index (κ1) is 17.6. The highest BCUT2D eigenvalue weighted by Crippen LogP contribution is 2.28. The number of carboxylic acid groups (broad SMARTS) is 1. The highest BCUT2D eigenvalue weighted by molar-refractivity contribution is 7.89. The van der Waals surface area contributed by atoms with Gasteiger partial charge in [-0.2, -0.15) is 9.40 Å². The lowest BCUT2D eigenvalue weighted by Gasteiger charge is -2.34. The molecule has 0 aliphatic carbocycles. The Bertz CT molecular complexity index is 896. The Kier molecular flexibility index (Phi) is 4.61. The molecule has 7 nitrogen and oxygen atoms in total. The highest BCUT2D eigenvalue weighted by atomic mass is 32.2. The molecular weight excluding hydrogens is 349 g/mol. The van der Waals surface area contributed by atoms with E-state index in [2.05, 4.69) is 5.10 Å². The molecule has 1 aromatic heterocycles. The number of hydrogen-bond acceptors (Lipinski definition) is 4. The van der Waals surface area contributed by atoms with Crippen LogP contribution in [0.15, 0.2) is 41.6 Å². The van der Waals surface area contributed by atoms with Crippen molar-refractivity contribution in [3.63, 3.8) is 0 Å². The van der Waals surface area contributed by atoms with Gasteiger partial charge in [-0.1, -0.05) is 12.1 Å². The number of carboxylic acids is 1. The predicted molar refractivity (Wildman–Crippen MR) is 87.2 cm³/mol. The molecule has 2 atom stereocenters. The summed E-state index contributed by atoms with van der Waals surface area (Å²) in [6.07, 6.45) is 3.30. The molecule has 2 aromatic rings. The fourth-order valence-electron chi connectivity index (χ4n) is 2.96. The maximum Gasteiger partial charge on any atom is 0.307 e. The molecule has 2 heterocycles. The SMILES string of the molecule is CC1CCC(C(=O)O)CN1S(=O)(=O)c1cnn(-c2ccccc2F)c1. The molecule has 1 aromatic carbocycles. The lowest BCUT2D eigenvalue weighted by atomic mass is 9.96. The van der Waals surface area contributed by atoms with E-state index in [1.165, 1.54) is 28.7 Å². The van der Waals surface area contributed by atoms with E-state index in [-0.39, 0.29) is 23.2 Å². The fourth-order valence-corrected chi connectivity index (χ4v) is 4.60. The maximum atomic E-state index is 13.9. The summed E-state index contributed by atoms with van der Waals surface area (Å²) in [4.78, 5) is 11.1. The van der Waals surface area contributed by atoms with Gasteiger partial charge in [0.1, 0.15) is 16.4 Å². The summed E-state index contributed by atoms with van der Waals surface area (Å²) in [5.41, 5.74) is 0.138. The number of nitrogens with zero attached hydrogens (tertiary/aromatic N) is 3. The molecule has 0 spiro atoms. The van der Waals surface area contributed by atoms with E-state index in [0.29, 0.717) is 12.8 Å². The van der Waals surface area contributed by atoms with Gasteiger partial charge in [0.2, 0.25) is 10.0 Å². The van der Waals surface area contributed by atoms with Gasteiger partial charge in [-0.15, -0.1) is 0 Å². The second-order valence-electron chi connectivity index (χ2n) is 6.11. The molecular formula is C16H18FN3O4S. The average molecular weight is 367 g/mol. The number of carbonyl (C=O) groups is 1. The minimum atomic E-state index is -3.91. The van der Waals surface area contributed by atoms with Crippen LogP contribution < -0.4 is 0 Å². The maximum absolute atomic E-state index is 13.9. The van der Waals surface area contributed by atoms with Gasteiger partial charge in [0.05, 0.1) is 18.3 Å². The van der Waals surface area contributed by atoms with Crippen molar-refractivity contribution in [2.24, 2.45) is 5.92 Å². The summed E-state index contributed by atoms with van der Waals surface area (Å²) in [6, 6.07) is 5.59. The van der Waals surface area contributed by atoms with Crippen LogP contribution >= 0.6 is 0 Å². The van der Waals surface area contributed by atoms with Crippen molar-refractivity contribution in [3.05, 3.63) is 42.5 Å². The van der Waals surface area contributed by atoms with Crippen molar-refractivity contribution in [2.45, 2.75) is 30.7 Å². The van der Waals surface area contributed by atoms with Crippen LogP contribution in [-0.2, 0) is 14.8 Å². The molecule has 0 radical (unpaired) electrons. The van der Waals surface area contributed by atoms with Crippen LogP contribution in [-0.4, -0.2) is 46.2 Å². The predicted octanol–water partition coefficient (Wildman–Crippen LogP) is 1.89. The number of aromatic nitrogens is 2. The zero-order valence-electron chi connectivity index (χ0n) is 13.5. The molecule has 3 rings (SSSR count). The van der Waals surface area contributed by atoms with Crippen molar-refractivity contribution < 1.29 is 22.7 Å². The number of rotatable bonds is 4. The molecule has 0 bridgehead atoms. The lowest BCUT2D eigenvalue weighted by Crippen LogP contribution is -2.47. The van der Waals surface area contributed by atoms with Crippen LogP contribution in [0, 0.1) is 11.7 Å².